The highest BCUT2D eigenvalue weighted by Crippen LogP contribution is 2.04. The minimum absolute atomic E-state index is 0.330. The molecular formula is C14H26N4O3S. The lowest BCUT2D eigenvalue weighted by Gasteiger charge is -2.23. The van der Waals surface area contributed by atoms with Crippen LogP contribution < -0.4 is 15.4 Å². The van der Waals surface area contributed by atoms with Crippen LogP contribution in [0.3, 0.4) is 0 Å². The first-order chi connectivity index (χ1) is 10.2. The summed E-state index contributed by atoms with van der Waals surface area (Å²) < 4.78 is 30.5. The summed E-state index contributed by atoms with van der Waals surface area (Å²) in [6, 6.07) is 3.78. The van der Waals surface area contributed by atoms with E-state index in [4.69, 9.17) is 4.42 Å². The molecule has 0 aliphatic carbocycles. The maximum Gasteiger partial charge on any atom is 0.209 e. The Balaban J connectivity index is 2.53. The first kappa shape index (κ1) is 18.5. The molecule has 0 aromatic carbocycles. The van der Waals surface area contributed by atoms with Crippen molar-refractivity contribution in [3.05, 3.63) is 24.2 Å². The number of rotatable bonds is 8. The van der Waals surface area contributed by atoms with Crippen LogP contribution in [0.4, 0.5) is 0 Å². The van der Waals surface area contributed by atoms with Crippen LogP contribution in [0, 0.1) is 0 Å². The van der Waals surface area contributed by atoms with Gasteiger partial charge in [0.15, 0.2) is 5.96 Å². The van der Waals surface area contributed by atoms with Crippen molar-refractivity contribution in [1.82, 2.24) is 15.4 Å². The summed E-state index contributed by atoms with van der Waals surface area (Å²) in [5, 5.41) is 6.33. The quantitative estimate of drug-likeness (QED) is 0.482. The lowest BCUT2D eigenvalue weighted by Crippen LogP contribution is -2.47. The second-order valence-corrected chi connectivity index (χ2v) is 7.46. The molecule has 0 unspecified atom stereocenters. The Morgan fingerprint density at radius 2 is 2.09 bits per heavy atom. The lowest BCUT2D eigenvalue weighted by molar-refractivity contribution is 0.464. The van der Waals surface area contributed by atoms with Crippen LogP contribution in [0.2, 0.25) is 0 Å². The van der Waals surface area contributed by atoms with Crippen molar-refractivity contribution in [1.29, 1.82) is 0 Å². The van der Waals surface area contributed by atoms with Crippen molar-refractivity contribution >= 4 is 16.0 Å². The molecule has 0 aliphatic heterocycles. The van der Waals surface area contributed by atoms with E-state index in [0.717, 1.165) is 25.0 Å². The van der Waals surface area contributed by atoms with Gasteiger partial charge in [0.2, 0.25) is 10.0 Å². The van der Waals surface area contributed by atoms with E-state index in [1.54, 1.807) is 20.1 Å². The topological polar surface area (TPSA) is 95.7 Å². The van der Waals surface area contributed by atoms with E-state index in [-0.39, 0.29) is 0 Å². The number of hydrogen-bond acceptors (Lipinski definition) is 4. The van der Waals surface area contributed by atoms with Crippen LogP contribution in [0.1, 0.15) is 26.5 Å². The maximum atomic E-state index is 11.3. The fraction of sp³-hybridized carbons (Fsp3) is 0.643. The smallest absolute Gasteiger partial charge is 0.209 e. The highest BCUT2D eigenvalue weighted by atomic mass is 32.2. The highest BCUT2D eigenvalue weighted by Gasteiger charge is 2.21. The van der Waals surface area contributed by atoms with E-state index in [2.05, 4.69) is 20.3 Å². The van der Waals surface area contributed by atoms with Gasteiger partial charge in [-0.3, -0.25) is 4.99 Å². The molecule has 0 bridgehead atoms. The third kappa shape index (κ3) is 8.04. The average Bonchev–Trinajstić information content (AvgIpc) is 2.86. The molecule has 0 radical (unpaired) electrons. The summed E-state index contributed by atoms with van der Waals surface area (Å²) in [7, 11) is -3.26. The molecule has 1 rings (SSSR count). The standard InChI is InChI=1S/C14H26N4O3S/c1-5-15-13(16-9-8-12-7-6-10-21-12)17-11-14(2,3)18-22(4,19)20/h6-7,10,18H,5,8-9,11H2,1-4H3,(H2,15,16,17). The second-order valence-electron chi connectivity index (χ2n) is 5.71. The zero-order valence-corrected chi connectivity index (χ0v) is 14.5. The predicted molar refractivity (Wildman–Crippen MR) is 88.5 cm³/mol. The Bertz CT molecular complexity index is 565. The van der Waals surface area contributed by atoms with Crippen LogP contribution in [-0.4, -0.2) is 45.8 Å². The number of hydrogen-bond donors (Lipinski definition) is 3. The Kier molecular flexibility index (Phi) is 6.89. The summed E-state index contributed by atoms with van der Waals surface area (Å²) in [6.07, 6.45) is 3.54. The summed E-state index contributed by atoms with van der Waals surface area (Å²) in [5.74, 6) is 1.56. The number of aliphatic imine (C=N–C) groups is 1. The van der Waals surface area contributed by atoms with Gasteiger partial charge < -0.3 is 15.1 Å². The molecule has 0 spiro atoms. The molecule has 1 heterocycles. The SMILES string of the molecule is CCNC(=NCC(C)(C)NS(C)(=O)=O)NCCc1ccco1. The molecule has 0 saturated carbocycles. The number of nitrogens with one attached hydrogen (secondary N) is 3. The zero-order chi connectivity index (χ0) is 16.6. The Morgan fingerprint density at radius 3 is 2.64 bits per heavy atom. The molecule has 8 heteroatoms. The third-order valence-electron chi connectivity index (χ3n) is 2.68. The van der Waals surface area contributed by atoms with Crippen LogP contribution in [0.15, 0.2) is 27.8 Å². The minimum Gasteiger partial charge on any atom is -0.469 e. The van der Waals surface area contributed by atoms with E-state index < -0.39 is 15.6 Å². The van der Waals surface area contributed by atoms with E-state index in [9.17, 15) is 8.42 Å². The van der Waals surface area contributed by atoms with Crippen molar-refractivity contribution in [2.75, 3.05) is 25.9 Å². The largest absolute Gasteiger partial charge is 0.469 e. The Labute approximate surface area is 132 Å². The third-order valence-corrected chi connectivity index (χ3v) is 3.61. The zero-order valence-electron chi connectivity index (χ0n) is 13.6. The fourth-order valence-electron chi connectivity index (χ4n) is 1.91. The first-order valence-electron chi connectivity index (χ1n) is 7.25. The van der Waals surface area contributed by atoms with Crippen LogP contribution in [0.5, 0.6) is 0 Å². The van der Waals surface area contributed by atoms with Gasteiger partial charge in [-0.15, -0.1) is 0 Å². The molecule has 0 atom stereocenters. The van der Waals surface area contributed by atoms with Gasteiger partial charge in [-0.1, -0.05) is 0 Å². The van der Waals surface area contributed by atoms with Crippen LogP contribution in [-0.2, 0) is 16.4 Å². The number of sulfonamides is 1. The lowest BCUT2D eigenvalue weighted by atomic mass is 10.1. The second kappa shape index (κ2) is 8.19. The Hall–Kier alpha value is -1.54. The van der Waals surface area contributed by atoms with Gasteiger partial charge in [0, 0.05) is 25.0 Å². The summed E-state index contributed by atoms with van der Waals surface area (Å²) in [6.45, 7) is 7.31. The monoisotopic (exact) mass is 330 g/mol. The Morgan fingerprint density at radius 1 is 1.36 bits per heavy atom. The molecule has 22 heavy (non-hydrogen) atoms. The van der Waals surface area contributed by atoms with Gasteiger partial charge in [0.1, 0.15) is 5.76 Å². The summed E-state index contributed by atoms with van der Waals surface area (Å²) in [4.78, 5) is 4.43. The van der Waals surface area contributed by atoms with Crippen molar-refractivity contribution in [2.45, 2.75) is 32.7 Å². The molecule has 3 N–H and O–H groups in total. The fourth-order valence-corrected chi connectivity index (χ4v) is 2.98. The van der Waals surface area contributed by atoms with Gasteiger partial charge in [-0.25, -0.2) is 13.1 Å². The van der Waals surface area contributed by atoms with E-state index in [0.29, 0.717) is 19.0 Å². The molecule has 1 aromatic heterocycles. The van der Waals surface area contributed by atoms with Gasteiger partial charge >= 0.3 is 0 Å². The minimum atomic E-state index is -3.26. The van der Waals surface area contributed by atoms with Crippen molar-refractivity contribution in [3.8, 4) is 0 Å². The summed E-state index contributed by atoms with van der Waals surface area (Å²) in [5.41, 5.74) is -0.642. The van der Waals surface area contributed by atoms with E-state index >= 15 is 0 Å². The highest BCUT2D eigenvalue weighted by molar-refractivity contribution is 7.88. The van der Waals surface area contributed by atoms with Crippen LogP contribution in [0.25, 0.3) is 0 Å². The molecule has 1 aromatic rings. The number of furan rings is 1. The molecule has 0 saturated heterocycles. The molecule has 0 fully saturated rings. The molecular weight excluding hydrogens is 304 g/mol. The van der Waals surface area contributed by atoms with Crippen molar-refractivity contribution < 1.29 is 12.8 Å². The molecule has 0 aliphatic rings. The van der Waals surface area contributed by atoms with Crippen molar-refractivity contribution in [3.63, 3.8) is 0 Å². The number of guanidine groups is 1. The van der Waals surface area contributed by atoms with E-state index in [1.807, 2.05) is 19.1 Å². The predicted octanol–water partition coefficient (Wildman–Crippen LogP) is 0.705. The molecule has 7 nitrogen and oxygen atoms in total. The summed E-state index contributed by atoms with van der Waals surface area (Å²) >= 11 is 0. The average molecular weight is 330 g/mol. The molecule has 126 valence electrons. The van der Waals surface area contributed by atoms with Gasteiger partial charge in [0.05, 0.1) is 19.1 Å². The number of nitrogens with zero attached hydrogens (tertiary/aromatic N) is 1. The van der Waals surface area contributed by atoms with Crippen LogP contribution >= 0.6 is 0 Å². The molecule has 0 amide bonds. The maximum absolute atomic E-state index is 11.3. The van der Waals surface area contributed by atoms with Crippen molar-refractivity contribution in [2.24, 2.45) is 4.99 Å². The van der Waals surface area contributed by atoms with Gasteiger partial charge in [-0.05, 0) is 32.9 Å². The van der Waals surface area contributed by atoms with Gasteiger partial charge in [-0.2, -0.15) is 0 Å². The van der Waals surface area contributed by atoms with Gasteiger partial charge in [0.25, 0.3) is 0 Å². The van der Waals surface area contributed by atoms with E-state index in [1.165, 1.54) is 0 Å². The normalized spacial score (nSPS) is 13.2. The first-order valence-corrected chi connectivity index (χ1v) is 9.14.